The van der Waals surface area contributed by atoms with E-state index in [2.05, 4.69) is 66.2 Å². The molecule has 2 aromatic carbocycles. The molecule has 0 aliphatic heterocycles. The number of hydrogen-bond acceptors (Lipinski definition) is 1. The van der Waals surface area contributed by atoms with E-state index >= 15 is 0 Å². The van der Waals surface area contributed by atoms with Gasteiger partial charge in [0.15, 0.2) is 0 Å². The van der Waals surface area contributed by atoms with Crippen molar-refractivity contribution in [3.05, 3.63) is 69.7 Å². The Balaban J connectivity index is 2.23. The van der Waals surface area contributed by atoms with Gasteiger partial charge in [-0.05, 0) is 43.5 Å². The van der Waals surface area contributed by atoms with Gasteiger partial charge in [0.1, 0.15) is 0 Å². The number of aryl methyl sites for hydroxylation is 1. The van der Waals surface area contributed by atoms with Crippen molar-refractivity contribution >= 4 is 15.9 Å². The lowest BCUT2D eigenvalue weighted by Gasteiger charge is -2.25. The van der Waals surface area contributed by atoms with Crippen LogP contribution in [0.4, 0.5) is 0 Å². The predicted octanol–water partition coefficient (Wildman–Crippen LogP) is 4.17. The summed E-state index contributed by atoms with van der Waals surface area (Å²) in [7, 11) is 0. The zero-order chi connectivity index (χ0) is 13.2. The second-order valence-electron chi connectivity index (χ2n) is 5.09. The first-order chi connectivity index (χ1) is 8.47. The average Bonchev–Trinajstić information content (AvgIpc) is 2.29. The third kappa shape index (κ3) is 3.21. The summed E-state index contributed by atoms with van der Waals surface area (Å²) >= 11 is 3.45. The highest BCUT2D eigenvalue weighted by atomic mass is 79.9. The van der Waals surface area contributed by atoms with Crippen molar-refractivity contribution < 1.29 is 0 Å². The molecule has 0 saturated carbocycles. The van der Waals surface area contributed by atoms with Crippen molar-refractivity contribution in [3.8, 4) is 0 Å². The summed E-state index contributed by atoms with van der Waals surface area (Å²) < 4.78 is 1.08. The average molecular weight is 304 g/mol. The molecule has 0 radical (unpaired) electrons. The van der Waals surface area contributed by atoms with Crippen LogP contribution < -0.4 is 5.73 Å². The lowest BCUT2D eigenvalue weighted by molar-refractivity contribution is 0.491. The third-order valence-corrected chi connectivity index (χ3v) is 3.69. The van der Waals surface area contributed by atoms with Crippen LogP contribution in [0.2, 0.25) is 0 Å². The van der Waals surface area contributed by atoms with Gasteiger partial charge in [-0.3, -0.25) is 0 Å². The van der Waals surface area contributed by atoms with Crippen LogP contribution in [-0.2, 0) is 12.0 Å². The van der Waals surface area contributed by atoms with E-state index in [1.54, 1.807) is 0 Å². The fraction of sp³-hybridized carbons (Fsp3) is 0.250. The Morgan fingerprint density at radius 3 is 2.39 bits per heavy atom. The summed E-state index contributed by atoms with van der Waals surface area (Å²) in [5, 5.41) is 0. The lowest BCUT2D eigenvalue weighted by atomic mass is 9.86. The second-order valence-corrected chi connectivity index (χ2v) is 6.01. The largest absolute Gasteiger partial charge is 0.321 e. The summed E-state index contributed by atoms with van der Waals surface area (Å²) in [5.41, 5.74) is 9.83. The van der Waals surface area contributed by atoms with Crippen molar-refractivity contribution in [2.24, 2.45) is 5.73 Å². The first-order valence-electron chi connectivity index (χ1n) is 6.08. The van der Waals surface area contributed by atoms with E-state index in [0.29, 0.717) is 0 Å². The number of rotatable bonds is 3. The predicted molar refractivity (Wildman–Crippen MR) is 80.6 cm³/mol. The Morgan fingerprint density at radius 1 is 1.11 bits per heavy atom. The number of nitrogens with two attached hydrogens (primary N) is 1. The van der Waals surface area contributed by atoms with Gasteiger partial charge in [-0.15, -0.1) is 0 Å². The number of halogens is 1. The summed E-state index contributed by atoms with van der Waals surface area (Å²) in [6.07, 6.45) is 0.844. The van der Waals surface area contributed by atoms with E-state index in [9.17, 15) is 0 Å². The maximum atomic E-state index is 6.45. The number of hydrogen-bond donors (Lipinski definition) is 1. The monoisotopic (exact) mass is 303 g/mol. The third-order valence-electron chi connectivity index (χ3n) is 3.16. The highest BCUT2D eigenvalue weighted by molar-refractivity contribution is 9.10. The summed E-state index contributed by atoms with van der Waals surface area (Å²) in [6.45, 7) is 4.19. The summed E-state index contributed by atoms with van der Waals surface area (Å²) in [4.78, 5) is 0. The van der Waals surface area contributed by atoms with Crippen molar-refractivity contribution in [1.29, 1.82) is 0 Å². The molecule has 0 saturated heterocycles. The maximum absolute atomic E-state index is 6.45. The van der Waals surface area contributed by atoms with Gasteiger partial charge in [0.25, 0.3) is 0 Å². The Morgan fingerprint density at radius 2 is 1.78 bits per heavy atom. The summed E-state index contributed by atoms with van der Waals surface area (Å²) in [6, 6.07) is 16.8. The minimum absolute atomic E-state index is 0.339. The molecule has 0 aliphatic carbocycles. The van der Waals surface area contributed by atoms with E-state index in [1.807, 2.05) is 12.1 Å². The van der Waals surface area contributed by atoms with Crippen LogP contribution in [0.15, 0.2) is 53.0 Å². The number of benzene rings is 2. The Hall–Kier alpha value is -1.12. The molecule has 1 nitrogen and oxygen atoms in total. The molecule has 0 amide bonds. The minimum atomic E-state index is -0.339. The molecular formula is C16H18BrN. The van der Waals surface area contributed by atoms with Crippen molar-refractivity contribution in [2.45, 2.75) is 25.8 Å². The molecule has 94 valence electrons. The fourth-order valence-electron chi connectivity index (χ4n) is 2.18. The van der Waals surface area contributed by atoms with Gasteiger partial charge < -0.3 is 5.73 Å². The van der Waals surface area contributed by atoms with Gasteiger partial charge in [0, 0.05) is 10.0 Å². The Labute approximate surface area is 117 Å². The van der Waals surface area contributed by atoms with E-state index in [4.69, 9.17) is 5.73 Å². The lowest BCUT2D eigenvalue weighted by Crippen LogP contribution is -2.35. The molecule has 0 aromatic heterocycles. The maximum Gasteiger partial charge on any atom is 0.0421 e. The topological polar surface area (TPSA) is 26.0 Å². The fourth-order valence-corrected chi connectivity index (χ4v) is 2.44. The zero-order valence-corrected chi connectivity index (χ0v) is 12.4. The van der Waals surface area contributed by atoms with Gasteiger partial charge >= 0.3 is 0 Å². The van der Waals surface area contributed by atoms with E-state index in [-0.39, 0.29) is 5.54 Å². The standard InChI is InChI=1S/C16H18BrN/c1-12-4-3-5-13(10-12)11-16(2,18)14-6-8-15(17)9-7-14/h3-10H,11,18H2,1-2H3. The van der Waals surface area contributed by atoms with Gasteiger partial charge in [-0.25, -0.2) is 0 Å². The molecule has 1 atom stereocenters. The SMILES string of the molecule is Cc1cccc(CC(C)(N)c2ccc(Br)cc2)c1. The highest BCUT2D eigenvalue weighted by Gasteiger charge is 2.21. The van der Waals surface area contributed by atoms with Crippen molar-refractivity contribution in [3.63, 3.8) is 0 Å². The van der Waals surface area contributed by atoms with Crippen LogP contribution in [0.5, 0.6) is 0 Å². The molecule has 1 unspecified atom stereocenters. The van der Waals surface area contributed by atoms with Crippen LogP contribution in [0.3, 0.4) is 0 Å². The van der Waals surface area contributed by atoms with Crippen LogP contribution in [0.25, 0.3) is 0 Å². The zero-order valence-electron chi connectivity index (χ0n) is 10.8. The molecule has 0 bridgehead atoms. The van der Waals surface area contributed by atoms with E-state index in [0.717, 1.165) is 16.5 Å². The summed E-state index contributed by atoms with van der Waals surface area (Å²) in [5.74, 6) is 0. The molecular weight excluding hydrogens is 286 g/mol. The molecule has 2 N–H and O–H groups in total. The molecule has 0 fully saturated rings. The van der Waals surface area contributed by atoms with Crippen LogP contribution in [0, 0.1) is 6.92 Å². The quantitative estimate of drug-likeness (QED) is 0.904. The molecule has 0 heterocycles. The van der Waals surface area contributed by atoms with E-state index < -0.39 is 0 Å². The second kappa shape index (κ2) is 5.25. The smallest absolute Gasteiger partial charge is 0.0421 e. The van der Waals surface area contributed by atoms with Gasteiger partial charge in [0.2, 0.25) is 0 Å². The van der Waals surface area contributed by atoms with Crippen molar-refractivity contribution in [1.82, 2.24) is 0 Å². The highest BCUT2D eigenvalue weighted by Crippen LogP contribution is 2.24. The molecule has 2 aromatic rings. The van der Waals surface area contributed by atoms with Crippen LogP contribution in [0.1, 0.15) is 23.6 Å². The molecule has 2 rings (SSSR count). The molecule has 0 spiro atoms. The van der Waals surface area contributed by atoms with Gasteiger partial charge in [0.05, 0.1) is 0 Å². The molecule has 0 aliphatic rings. The van der Waals surface area contributed by atoms with Gasteiger partial charge in [-0.1, -0.05) is 57.9 Å². The molecule has 18 heavy (non-hydrogen) atoms. The first kappa shape index (κ1) is 13.3. The van der Waals surface area contributed by atoms with E-state index in [1.165, 1.54) is 11.1 Å². The van der Waals surface area contributed by atoms with Crippen LogP contribution >= 0.6 is 15.9 Å². The first-order valence-corrected chi connectivity index (χ1v) is 6.87. The van der Waals surface area contributed by atoms with Crippen molar-refractivity contribution in [2.75, 3.05) is 0 Å². The van der Waals surface area contributed by atoms with Gasteiger partial charge in [-0.2, -0.15) is 0 Å². The Bertz CT molecular complexity index is 529. The molecule has 2 heteroatoms. The van der Waals surface area contributed by atoms with Crippen LogP contribution in [-0.4, -0.2) is 0 Å². The normalized spacial score (nSPS) is 14.2. The minimum Gasteiger partial charge on any atom is -0.321 e. The Kier molecular flexibility index (Phi) is 3.88.